The van der Waals surface area contributed by atoms with Gasteiger partial charge in [0.05, 0.1) is 38.2 Å². The van der Waals surface area contributed by atoms with E-state index in [-0.39, 0.29) is 0 Å². The second-order valence-corrected chi connectivity index (χ2v) is 7.33. The maximum absolute atomic E-state index is 6.36. The van der Waals surface area contributed by atoms with Crippen molar-refractivity contribution in [3.63, 3.8) is 0 Å². The zero-order valence-corrected chi connectivity index (χ0v) is 18.3. The zero-order chi connectivity index (χ0) is 20.8. The molecular formula is C25H32O4. The molecule has 29 heavy (non-hydrogen) atoms. The molecule has 0 amide bonds. The number of ether oxygens (including phenoxy) is 4. The Morgan fingerprint density at radius 2 is 1.34 bits per heavy atom. The van der Waals surface area contributed by atoms with Crippen molar-refractivity contribution in [3.05, 3.63) is 35.9 Å². The minimum Gasteiger partial charge on any atom is -0.496 e. The third-order valence-corrected chi connectivity index (χ3v) is 5.14. The largest absolute Gasteiger partial charge is 0.496 e. The van der Waals surface area contributed by atoms with E-state index in [1.807, 2.05) is 18.2 Å². The zero-order valence-electron chi connectivity index (χ0n) is 18.3. The lowest BCUT2D eigenvalue weighted by atomic mass is 9.97. The molecule has 3 rings (SSSR count). The first-order valence-electron chi connectivity index (χ1n) is 10.5. The Balaban J connectivity index is 2.40. The summed E-state index contributed by atoms with van der Waals surface area (Å²) in [5.41, 5.74) is 1.12. The molecule has 0 fully saturated rings. The first-order chi connectivity index (χ1) is 14.2. The van der Waals surface area contributed by atoms with Crippen molar-refractivity contribution in [1.82, 2.24) is 0 Å². The number of methoxy groups -OCH3 is 2. The van der Waals surface area contributed by atoms with E-state index in [0.717, 1.165) is 75.8 Å². The lowest BCUT2D eigenvalue weighted by Gasteiger charge is -2.21. The fourth-order valence-corrected chi connectivity index (χ4v) is 3.66. The van der Waals surface area contributed by atoms with Crippen LogP contribution in [0, 0.1) is 6.92 Å². The normalized spacial score (nSPS) is 11.1. The highest BCUT2D eigenvalue weighted by molar-refractivity contribution is 6.15. The van der Waals surface area contributed by atoms with Gasteiger partial charge in [-0.25, -0.2) is 0 Å². The molecule has 0 bridgehead atoms. The molecule has 0 saturated carbocycles. The van der Waals surface area contributed by atoms with Gasteiger partial charge in [-0.2, -0.15) is 0 Å². The first kappa shape index (κ1) is 21.1. The van der Waals surface area contributed by atoms with Crippen LogP contribution < -0.4 is 18.9 Å². The minimum absolute atomic E-state index is 0.645. The van der Waals surface area contributed by atoms with Crippen molar-refractivity contribution >= 4 is 21.5 Å². The summed E-state index contributed by atoms with van der Waals surface area (Å²) in [6.07, 6.45) is 4.15. The molecule has 0 atom stereocenters. The van der Waals surface area contributed by atoms with Gasteiger partial charge in [0.25, 0.3) is 0 Å². The standard InChI is InChI=1S/C25H32O4/c1-6-8-13-28-24-18-11-10-12-20(26-4)22(18)25(29-14-9-7-2)23-19(24)15-17(3)16-21(23)27-5/h10-12,15-16H,6-9,13-14H2,1-5H3. The second kappa shape index (κ2) is 9.73. The molecule has 4 nitrogen and oxygen atoms in total. The maximum atomic E-state index is 6.36. The third kappa shape index (κ3) is 4.21. The van der Waals surface area contributed by atoms with Crippen LogP contribution in [0.15, 0.2) is 30.3 Å². The summed E-state index contributed by atoms with van der Waals surface area (Å²) in [4.78, 5) is 0. The molecule has 0 aliphatic rings. The summed E-state index contributed by atoms with van der Waals surface area (Å²) in [6.45, 7) is 7.72. The van der Waals surface area contributed by atoms with E-state index in [1.165, 1.54) is 0 Å². The molecular weight excluding hydrogens is 364 g/mol. The number of aryl methyl sites for hydroxylation is 1. The van der Waals surface area contributed by atoms with Crippen LogP contribution >= 0.6 is 0 Å². The Morgan fingerprint density at radius 3 is 1.97 bits per heavy atom. The van der Waals surface area contributed by atoms with Crippen molar-refractivity contribution in [2.45, 2.75) is 46.5 Å². The Labute approximate surface area is 173 Å². The Morgan fingerprint density at radius 1 is 0.724 bits per heavy atom. The van der Waals surface area contributed by atoms with E-state index in [2.05, 4.69) is 32.9 Å². The van der Waals surface area contributed by atoms with E-state index >= 15 is 0 Å². The number of rotatable bonds is 10. The van der Waals surface area contributed by atoms with Crippen LogP contribution in [0.3, 0.4) is 0 Å². The van der Waals surface area contributed by atoms with Crippen LogP contribution in [0.5, 0.6) is 23.0 Å². The van der Waals surface area contributed by atoms with Crippen LogP contribution in [0.2, 0.25) is 0 Å². The van der Waals surface area contributed by atoms with Crippen LogP contribution in [-0.2, 0) is 0 Å². The molecule has 0 heterocycles. The predicted molar refractivity (Wildman–Crippen MR) is 120 cm³/mol. The average Bonchev–Trinajstić information content (AvgIpc) is 2.74. The first-order valence-corrected chi connectivity index (χ1v) is 10.5. The summed E-state index contributed by atoms with van der Waals surface area (Å²) in [7, 11) is 3.40. The molecule has 0 aliphatic heterocycles. The van der Waals surface area contributed by atoms with Crippen molar-refractivity contribution in [1.29, 1.82) is 0 Å². The van der Waals surface area contributed by atoms with E-state index in [4.69, 9.17) is 18.9 Å². The number of hydrogen-bond acceptors (Lipinski definition) is 4. The molecule has 0 saturated heterocycles. The van der Waals surface area contributed by atoms with Gasteiger partial charge >= 0.3 is 0 Å². The van der Waals surface area contributed by atoms with Crippen LogP contribution in [0.25, 0.3) is 21.5 Å². The molecule has 0 unspecified atom stereocenters. The van der Waals surface area contributed by atoms with E-state index in [1.54, 1.807) is 14.2 Å². The molecule has 0 N–H and O–H groups in total. The monoisotopic (exact) mass is 396 g/mol. The number of fused-ring (bicyclic) bond motifs is 2. The van der Waals surface area contributed by atoms with Crippen LogP contribution in [0.4, 0.5) is 0 Å². The molecule has 0 radical (unpaired) electrons. The highest BCUT2D eigenvalue weighted by Gasteiger charge is 2.22. The molecule has 0 spiro atoms. The molecule has 3 aromatic carbocycles. The van der Waals surface area contributed by atoms with Gasteiger partial charge in [0.2, 0.25) is 0 Å². The maximum Gasteiger partial charge on any atom is 0.142 e. The Bertz CT molecular complexity index is 978. The van der Waals surface area contributed by atoms with Crippen LogP contribution in [-0.4, -0.2) is 27.4 Å². The summed E-state index contributed by atoms with van der Waals surface area (Å²) in [5, 5.41) is 3.90. The smallest absolute Gasteiger partial charge is 0.142 e. The summed E-state index contributed by atoms with van der Waals surface area (Å²) in [5.74, 6) is 3.24. The quantitative estimate of drug-likeness (QED) is 0.283. The third-order valence-electron chi connectivity index (χ3n) is 5.14. The summed E-state index contributed by atoms with van der Waals surface area (Å²) in [6, 6.07) is 10.3. The van der Waals surface area contributed by atoms with Gasteiger partial charge in [0, 0.05) is 10.8 Å². The van der Waals surface area contributed by atoms with E-state index in [9.17, 15) is 0 Å². The number of unbranched alkanes of at least 4 members (excludes halogenated alkanes) is 2. The lowest BCUT2D eigenvalue weighted by molar-refractivity contribution is 0.309. The molecule has 156 valence electrons. The second-order valence-electron chi connectivity index (χ2n) is 7.33. The highest BCUT2D eigenvalue weighted by Crippen LogP contribution is 2.49. The van der Waals surface area contributed by atoms with Gasteiger partial charge < -0.3 is 18.9 Å². The van der Waals surface area contributed by atoms with Crippen molar-refractivity contribution in [2.75, 3.05) is 27.4 Å². The van der Waals surface area contributed by atoms with Gasteiger partial charge in [0.15, 0.2) is 0 Å². The highest BCUT2D eigenvalue weighted by atomic mass is 16.5. The fraction of sp³-hybridized carbons (Fsp3) is 0.440. The van der Waals surface area contributed by atoms with E-state index in [0.29, 0.717) is 13.2 Å². The Hall–Kier alpha value is -2.62. The minimum atomic E-state index is 0.645. The SMILES string of the molecule is CCCCOc1c2cccc(OC)c2c(OCCCC)c2c(OC)cc(C)cc12. The molecule has 3 aromatic rings. The van der Waals surface area contributed by atoms with Crippen molar-refractivity contribution in [3.8, 4) is 23.0 Å². The lowest BCUT2D eigenvalue weighted by Crippen LogP contribution is -2.04. The molecule has 4 heteroatoms. The Kier molecular flexibility index (Phi) is 7.08. The molecule has 0 aliphatic carbocycles. The van der Waals surface area contributed by atoms with Gasteiger partial charge in [-0.15, -0.1) is 0 Å². The summed E-state index contributed by atoms with van der Waals surface area (Å²) < 4.78 is 24.2. The summed E-state index contributed by atoms with van der Waals surface area (Å²) >= 11 is 0. The van der Waals surface area contributed by atoms with Crippen molar-refractivity contribution < 1.29 is 18.9 Å². The fourth-order valence-electron chi connectivity index (χ4n) is 3.66. The van der Waals surface area contributed by atoms with Crippen LogP contribution in [0.1, 0.15) is 45.1 Å². The number of benzene rings is 3. The molecule has 0 aromatic heterocycles. The van der Waals surface area contributed by atoms with Gasteiger partial charge in [-0.3, -0.25) is 0 Å². The topological polar surface area (TPSA) is 36.9 Å². The average molecular weight is 397 g/mol. The van der Waals surface area contributed by atoms with Gasteiger partial charge in [0.1, 0.15) is 23.0 Å². The van der Waals surface area contributed by atoms with Gasteiger partial charge in [-0.05, 0) is 43.5 Å². The number of hydrogen-bond donors (Lipinski definition) is 0. The predicted octanol–water partition coefficient (Wildman–Crippen LogP) is 6.68. The van der Waals surface area contributed by atoms with Crippen molar-refractivity contribution in [2.24, 2.45) is 0 Å². The van der Waals surface area contributed by atoms with Gasteiger partial charge in [-0.1, -0.05) is 38.8 Å². The van der Waals surface area contributed by atoms with E-state index < -0.39 is 0 Å².